The average molecular weight is 166 g/mol. The second-order valence-corrected chi connectivity index (χ2v) is 4.23. The molecule has 1 aliphatic carbocycles. The van der Waals surface area contributed by atoms with Crippen LogP contribution in [0.3, 0.4) is 0 Å². The molecule has 1 aliphatic rings. The number of hydrogen-bond donors (Lipinski definition) is 0. The van der Waals surface area contributed by atoms with Gasteiger partial charge < -0.3 is 0 Å². The Morgan fingerprint density at radius 1 is 1.50 bits per heavy atom. The van der Waals surface area contributed by atoms with Crippen molar-refractivity contribution in [3.05, 3.63) is 12.7 Å². The molecule has 3 atom stereocenters. The van der Waals surface area contributed by atoms with Gasteiger partial charge in [0, 0.05) is 11.3 Å². The number of allylic oxidation sites excluding steroid dienone is 1. The molecular formula is C11H18O. The molecule has 1 nitrogen and oxygen atoms in total. The lowest BCUT2D eigenvalue weighted by Gasteiger charge is -2.38. The first-order valence-corrected chi connectivity index (χ1v) is 4.70. The Balaban J connectivity index is 2.93. The van der Waals surface area contributed by atoms with Crippen molar-refractivity contribution in [3.63, 3.8) is 0 Å². The van der Waals surface area contributed by atoms with Gasteiger partial charge in [-0.15, -0.1) is 6.58 Å². The van der Waals surface area contributed by atoms with Gasteiger partial charge in [-0.2, -0.15) is 0 Å². The Morgan fingerprint density at radius 2 is 2.08 bits per heavy atom. The zero-order valence-corrected chi connectivity index (χ0v) is 8.26. The highest BCUT2D eigenvalue weighted by atomic mass is 16.1. The molecule has 0 aromatic rings. The summed E-state index contributed by atoms with van der Waals surface area (Å²) in [7, 11) is 0. The number of rotatable bonds is 1. The molecule has 12 heavy (non-hydrogen) atoms. The van der Waals surface area contributed by atoms with Crippen molar-refractivity contribution >= 4 is 5.78 Å². The maximum Gasteiger partial charge on any atom is 0.145 e. The Morgan fingerprint density at radius 3 is 2.50 bits per heavy atom. The van der Waals surface area contributed by atoms with E-state index >= 15 is 0 Å². The van der Waals surface area contributed by atoms with Gasteiger partial charge in [0.2, 0.25) is 0 Å². The van der Waals surface area contributed by atoms with Crippen LogP contribution in [0.2, 0.25) is 0 Å². The summed E-state index contributed by atoms with van der Waals surface area (Å²) in [4.78, 5) is 11.8. The summed E-state index contributed by atoms with van der Waals surface area (Å²) >= 11 is 0. The molecule has 0 saturated heterocycles. The molecule has 0 amide bonds. The molecule has 1 saturated carbocycles. The first kappa shape index (κ1) is 9.50. The Hall–Kier alpha value is -0.590. The van der Waals surface area contributed by atoms with Gasteiger partial charge in [0.15, 0.2) is 0 Å². The van der Waals surface area contributed by atoms with Crippen molar-refractivity contribution in [1.82, 2.24) is 0 Å². The molecule has 0 aromatic carbocycles. The lowest BCUT2D eigenvalue weighted by atomic mass is 9.64. The summed E-state index contributed by atoms with van der Waals surface area (Å²) in [5, 5.41) is 0. The lowest BCUT2D eigenvalue weighted by molar-refractivity contribution is -0.134. The van der Waals surface area contributed by atoms with Crippen molar-refractivity contribution < 1.29 is 4.79 Å². The maximum atomic E-state index is 11.8. The van der Waals surface area contributed by atoms with E-state index in [0.29, 0.717) is 11.7 Å². The van der Waals surface area contributed by atoms with Gasteiger partial charge in [-0.3, -0.25) is 4.79 Å². The van der Waals surface area contributed by atoms with Gasteiger partial charge in [-0.05, 0) is 25.7 Å². The molecule has 0 bridgehead atoms. The van der Waals surface area contributed by atoms with Gasteiger partial charge in [0.1, 0.15) is 5.78 Å². The molecule has 0 N–H and O–H groups in total. The van der Waals surface area contributed by atoms with Gasteiger partial charge in [-0.25, -0.2) is 0 Å². The first-order valence-electron chi connectivity index (χ1n) is 4.70. The number of carbonyl (C=O) groups excluding carboxylic acids is 1. The molecule has 0 spiro atoms. The van der Waals surface area contributed by atoms with Crippen LogP contribution in [-0.2, 0) is 4.79 Å². The van der Waals surface area contributed by atoms with Gasteiger partial charge >= 0.3 is 0 Å². The van der Waals surface area contributed by atoms with E-state index in [0.717, 1.165) is 12.8 Å². The standard InChI is InChI=1S/C11H18O/c1-5-11(4)9(3)7-6-8(2)10(11)12/h5,8-9H,1,6-7H2,2-4H3/t8-,9+,11+/m0/s1. The SMILES string of the molecule is C=C[C@@]1(C)C(=O)[C@@H](C)CC[C@H]1C. The van der Waals surface area contributed by atoms with Crippen LogP contribution in [0.25, 0.3) is 0 Å². The fourth-order valence-corrected chi connectivity index (χ4v) is 2.01. The van der Waals surface area contributed by atoms with Crippen molar-refractivity contribution in [2.75, 3.05) is 0 Å². The van der Waals surface area contributed by atoms with Crippen molar-refractivity contribution in [3.8, 4) is 0 Å². The molecule has 68 valence electrons. The van der Waals surface area contributed by atoms with Crippen LogP contribution in [-0.4, -0.2) is 5.78 Å². The van der Waals surface area contributed by atoms with E-state index in [1.807, 2.05) is 19.9 Å². The van der Waals surface area contributed by atoms with Crippen molar-refractivity contribution in [1.29, 1.82) is 0 Å². The van der Waals surface area contributed by atoms with E-state index in [1.165, 1.54) is 0 Å². The molecule has 0 aromatic heterocycles. The lowest BCUT2D eigenvalue weighted by Crippen LogP contribution is -2.40. The predicted molar refractivity (Wildman–Crippen MR) is 50.9 cm³/mol. The minimum atomic E-state index is -0.266. The third-order valence-electron chi connectivity index (χ3n) is 3.46. The number of Topliss-reactive ketones (excluding diaryl/α,β-unsaturated/α-hetero) is 1. The summed E-state index contributed by atoms with van der Waals surface area (Å²) in [6, 6.07) is 0. The van der Waals surface area contributed by atoms with Crippen LogP contribution >= 0.6 is 0 Å². The molecule has 0 radical (unpaired) electrons. The maximum absolute atomic E-state index is 11.8. The monoisotopic (exact) mass is 166 g/mol. The van der Waals surface area contributed by atoms with Crippen molar-refractivity contribution in [2.24, 2.45) is 17.3 Å². The zero-order valence-electron chi connectivity index (χ0n) is 8.26. The quantitative estimate of drug-likeness (QED) is 0.547. The smallest absolute Gasteiger partial charge is 0.145 e. The van der Waals surface area contributed by atoms with Gasteiger partial charge in [0.25, 0.3) is 0 Å². The Bertz CT molecular complexity index is 207. The summed E-state index contributed by atoms with van der Waals surface area (Å²) in [6.07, 6.45) is 4.02. The van der Waals surface area contributed by atoms with E-state index in [2.05, 4.69) is 13.5 Å². The van der Waals surface area contributed by atoms with E-state index in [-0.39, 0.29) is 11.3 Å². The van der Waals surface area contributed by atoms with Crippen LogP contribution in [0.4, 0.5) is 0 Å². The van der Waals surface area contributed by atoms with Crippen LogP contribution in [0, 0.1) is 17.3 Å². The van der Waals surface area contributed by atoms with E-state index in [9.17, 15) is 4.79 Å². The zero-order chi connectivity index (χ0) is 9.35. The van der Waals surface area contributed by atoms with Gasteiger partial charge in [-0.1, -0.05) is 19.9 Å². The highest BCUT2D eigenvalue weighted by Gasteiger charge is 2.41. The second kappa shape index (κ2) is 3.04. The summed E-state index contributed by atoms with van der Waals surface area (Å²) in [5.74, 6) is 1.05. The normalized spacial score (nSPS) is 42.8. The number of hydrogen-bond acceptors (Lipinski definition) is 1. The number of ketones is 1. The van der Waals surface area contributed by atoms with E-state index in [4.69, 9.17) is 0 Å². The summed E-state index contributed by atoms with van der Waals surface area (Å²) < 4.78 is 0. The van der Waals surface area contributed by atoms with Crippen LogP contribution < -0.4 is 0 Å². The minimum absolute atomic E-state index is 0.226. The molecule has 0 unspecified atom stereocenters. The van der Waals surface area contributed by atoms with E-state index < -0.39 is 0 Å². The third kappa shape index (κ3) is 1.21. The summed E-state index contributed by atoms with van der Waals surface area (Å²) in [5.41, 5.74) is -0.266. The van der Waals surface area contributed by atoms with E-state index in [1.54, 1.807) is 0 Å². The topological polar surface area (TPSA) is 17.1 Å². The largest absolute Gasteiger partial charge is 0.298 e. The molecule has 1 heteroatoms. The highest BCUT2D eigenvalue weighted by Crippen LogP contribution is 2.41. The fraction of sp³-hybridized carbons (Fsp3) is 0.727. The third-order valence-corrected chi connectivity index (χ3v) is 3.46. The predicted octanol–water partition coefficient (Wildman–Crippen LogP) is 2.81. The molecule has 0 heterocycles. The second-order valence-electron chi connectivity index (χ2n) is 4.23. The van der Waals surface area contributed by atoms with Gasteiger partial charge in [0.05, 0.1) is 0 Å². The molecular weight excluding hydrogens is 148 g/mol. The first-order chi connectivity index (χ1) is 5.52. The van der Waals surface area contributed by atoms with Crippen LogP contribution in [0.5, 0.6) is 0 Å². The molecule has 0 aliphatic heterocycles. The Kier molecular flexibility index (Phi) is 2.41. The fourth-order valence-electron chi connectivity index (χ4n) is 2.01. The minimum Gasteiger partial charge on any atom is -0.298 e. The Labute approximate surface area is 74.9 Å². The molecule has 1 rings (SSSR count). The van der Waals surface area contributed by atoms with Crippen LogP contribution in [0.1, 0.15) is 33.6 Å². The average Bonchev–Trinajstić information content (AvgIpc) is 2.08. The van der Waals surface area contributed by atoms with Crippen LogP contribution in [0.15, 0.2) is 12.7 Å². The number of carbonyl (C=O) groups is 1. The molecule has 1 fully saturated rings. The summed E-state index contributed by atoms with van der Waals surface area (Å²) in [6.45, 7) is 9.96. The van der Waals surface area contributed by atoms with Crippen molar-refractivity contribution in [2.45, 2.75) is 33.6 Å². The highest BCUT2D eigenvalue weighted by molar-refractivity contribution is 5.89.